The summed E-state index contributed by atoms with van der Waals surface area (Å²) >= 11 is 0. The van der Waals surface area contributed by atoms with Crippen LogP contribution in [0.5, 0.6) is 0 Å². The van der Waals surface area contributed by atoms with E-state index < -0.39 is 0 Å². The monoisotopic (exact) mass is 346 g/mol. The third-order valence-electron chi connectivity index (χ3n) is 4.14. The van der Waals surface area contributed by atoms with Crippen molar-refractivity contribution in [3.63, 3.8) is 0 Å². The molecule has 0 radical (unpaired) electrons. The van der Waals surface area contributed by atoms with Crippen LogP contribution >= 0.6 is 0 Å². The van der Waals surface area contributed by atoms with Gasteiger partial charge in [-0.2, -0.15) is 0 Å². The predicted octanol–water partition coefficient (Wildman–Crippen LogP) is 4.22. The van der Waals surface area contributed by atoms with Gasteiger partial charge in [-0.3, -0.25) is 4.79 Å². The second kappa shape index (κ2) is 7.78. The van der Waals surface area contributed by atoms with E-state index in [0.717, 1.165) is 17.1 Å². The standard InChI is InChI=1S/C21H22N4O/c1-4-25(18-13-9-6-10-14-18)21-22-16(2)15-19(23-21)20(26)24(3)17-11-7-5-8-12-17/h5-15H,4H2,1-3H3. The van der Waals surface area contributed by atoms with Crippen molar-refractivity contribution in [2.24, 2.45) is 0 Å². The van der Waals surface area contributed by atoms with Gasteiger partial charge in [0.2, 0.25) is 5.95 Å². The molecular formula is C21H22N4O. The zero-order valence-electron chi connectivity index (χ0n) is 15.3. The maximum Gasteiger partial charge on any atom is 0.276 e. The number of benzene rings is 2. The summed E-state index contributed by atoms with van der Waals surface area (Å²) in [5.41, 5.74) is 2.96. The molecule has 5 nitrogen and oxygen atoms in total. The first-order chi connectivity index (χ1) is 12.6. The molecule has 26 heavy (non-hydrogen) atoms. The third-order valence-corrected chi connectivity index (χ3v) is 4.14. The Labute approximate surface area is 153 Å². The Morgan fingerprint density at radius 2 is 1.50 bits per heavy atom. The molecule has 3 aromatic rings. The first kappa shape index (κ1) is 17.6. The number of amides is 1. The van der Waals surface area contributed by atoms with E-state index in [0.29, 0.717) is 18.2 Å². The molecule has 0 atom stereocenters. The van der Waals surface area contributed by atoms with Crippen LogP contribution < -0.4 is 9.80 Å². The van der Waals surface area contributed by atoms with Crippen LogP contribution in [-0.4, -0.2) is 29.5 Å². The van der Waals surface area contributed by atoms with Gasteiger partial charge < -0.3 is 9.80 Å². The van der Waals surface area contributed by atoms with Crippen molar-refractivity contribution in [3.8, 4) is 0 Å². The summed E-state index contributed by atoms with van der Waals surface area (Å²) in [6.07, 6.45) is 0. The van der Waals surface area contributed by atoms with E-state index in [1.54, 1.807) is 18.0 Å². The number of carbonyl (C=O) groups excluding carboxylic acids is 1. The first-order valence-corrected chi connectivity index (χ1v) is 8.61. The van der Waals surface area contributed by atoms with Crippen LogP contribution in [-0.2, 0) is 0 Å². The van der Waals surface area contributed by atoms with Gasteiger partial charge in [-0.1, -0.05) is 36.4 Å². The molecule has 5 heteroatoms. The van der Waals surface area contributed by atoms with E-state index in [2.05, 4.69) is 9.97 Å². The second-order valence-corrected chi connectivity index (χ2v) is 5.97. The van der Waals surface area contributed by atoms with Gasteiger partial charge >= 0.3 is 0 Å². The lowest BCUT2D eigenvalue weighted by Crippen LogP contribution is -2.28. The van der Waals surface area contributed by atoms with Crippen LogP contribution in [0.15, 0.2) is 66.7 Å². The molecule has 1 heterocycles. The predicted molar refractivity (Wildman–Crippen MR) is 105 cm³/mol. The fourth-order valence-electron chi connectivity index (χ4n) is 2.77. The number of anilines is 3. The van der Waals surface area contributed by atoms with Crippen LogP contribution in [0.1, 0.15) is 23.1 Å². The molecule has 0 saturated carbocycles. The van der Waals surface area contributed by atoms with Gasteiger partial charge in [0, 0.05) is 30.7 Å². The highest BCUT2D eigenvalue weighted by Crippen LogP contribution is 2.23. The molecule has 0 aliphatic carbocycles. The van der Waals surface area contributed by atoms with Crippen molar-refractivity contribution in [3.05, 3.63) is 78.1 Å². The molecule has 0 unspecified atom stereocenters. The van der Waals surface area contributed by atoms with E-state index in [-0.39, 0.29) is 5.91 Å². The lowest BCUT2D eigenvalue weighted by atomic mass is 10.2. The molecule has 132 valence electrons. The number of para-hydroxylation sites is 2. The molecule has 1 aromatic heterocycles. The normalized spacial score (nSPS) is 10.4. The summed E-state index contributed by atoms with van der Waals surface area (Å²) in [6.45, 7) is 4.62. The lowest BCUT2D eigenvalue weighted by molar-refractivity contribution is 0.0988. The van der Waals surface area contributed by atoms with Gasteiger partial charge in [-0.25, -0.2) is 9.97 Å². The van der Waals surface area contributed by atoms with E-state index in [1.807, 2.05) is 79.4 Å². The Bertz CT molecular complexity index is 881. The highest BCUT2D eigenvalue weighted by atomic mass is 16.2. The Balaban J connectivity index is 1.96. The summed E-state index contributed by atoms with van der Waals surface area (Å²) in [4.78, 5) is 25.6. The van der Waals surface area contributed by atoms with Crippen molar-refractivity contribution >= 4 is 23.2 Å². The second-order valence-electron chi connectivity index (χ2n) is 5.97. The SMILES string of the molecule is CCN(c1ccccc1)c1nc(C)cc(C(=O)N(C)c2ccccc2)n1. The summed E-state index contributed by atoms with van der Waals surface area (Å²) < 4.78 is 0. The molecule has 3 rings (SSSR count). The fraction of sp³-hybridized carbons (Fsp3) is 0.190. The van der Waals surface area contributed by atoms with Crippen LogP contribution in [0.3, 0.4) is 0 Å². The van der Waals surface area contributed by atoms with Gasteiger partial charge in [-0.15, -0.1) is 0 Å². The van der Waals surface area contributed by atoms with E-state index in [4.69, 9.17) is 0 Å². The number of hydrogen-bond acceptors (Lipinski definition) is 4. The van der Waals surface area contributed by atoms with E-state index >= 15 is 0 Å². The minimum atomic E-state index is -0.160. The smallest absolute Gasteiger partial charge is 0.276 e. The zero-order valence-corrected chi connectivity index (χ0v) is 15.3. The third kappa shape index (κ3) is 3.72. The van der Waals surface area contributed by atoms with E-state index in [9.17, 15) is 4.79 Å². The largest absolute Gasteiger partial charge is 0.311 e. The average molecular weight is 346 g/mol. The van der Waals surface area contributed by atoms with Crippen molar-refractivity contribution < 1.29 is 4.79 Å². The van der Waals surface area contributed by atoms with E-state index in [1.165, 1.54) is 0 Å². The summed E-state index contributed by atoms with van der Waals surface area (Å²) in [6, 6.07) is 21.2. The zero-order chi connectivity index (χ0) is 18.5. The Morgan fingerprint density at radius 1 is 0.923 bits per heavy atom. The topological polar surface area (TPSA) is 49.3 Å². The highest BCUT2D eigenvalue weighted by molar-refractivity contribution is 6.04. The van der Waals surface area contributed by atoms with Gasteiger partial charge in [-0.05, 0) is 44.2 Å². The van der Waals surface area contributed by atoms with Crippen molar-refractivity contribution in [2.75, 3.05) is 23.4 Å². The van der Waals surface area contributed by atoms with Gasteiger partial charge in [0.1, 0.15) is 5.69 Å². The Kier molecular flexibility index (Phi) is 5.27. The number of hydrogen-bond donors (Lipinski definition) is 0. The highest BCUT2D eigenvalue weighted by Gasteiger charge is 2.19. The molecular weight excluding hydrogens is 324 g/mol. The number of nitrogens with zero attached hydrogens (tertiary/aromatic N) is 4. The van der Waals surface area contributed by atoms with Crippen molar-refractivity contribution in [1.82, 2.24) is 9.97 Å². The lowest BCUT2D eigenvalue weighted by Gasteiger charge is -2.22. The minimum absolute atomic E-state index is 0.160. The van der Waals surface area contributed by atoms with Crippen molar-refractivity contribution in [2.45, 2.75) is 13.8 Å². The summed E-state index contributed by atoms with van der Waals surface area (Å²) in [5, 5.41) is 0. The molecule has 0 aliphatic heterocycles. The molecule has 1 amide bonds. The number of carbonyl (C=O) groups is 1. The van der Waals surface area contributed by atoms with Crippen LogP contribution in [0.4, 0.5) is 17.3 Å². The summed E-state index contributed by atoms with van der Waals surface area (Å²) in [7, 11) is 1.75. The molecule has 0 bridgehead atoms. The van der Waals surface area contributed by atoms with Crippen molar-refractivity contribution in [1.29, 1.82) is 0 Å². The summed E-state index contributed by atoms with van der Waals surface area (Å²) in [5.74, 6) is 0.371. The average Bonchev–Trinajstić information content (AvgIpc) is 2.68. The molecule has 0 spiro atoms. The Hall–Kier alpha value is -3.21. The van der Waals surface area contributed by atoms with Gasteiger partial charge in [0.15, 0.2) is 0 Å². The Morgan fingerprint density at radius 3 is 2.08 bits per heavy atom. The minimum Gasteiger partial charge on any atom is -0.311 e. The maximum absolute atomic E-state index is 12.9. The van der Waals surface area contributed by atoms with Crippen LogP contribution in [0, 0.1) is 6.92 Å². The molecule has 0 saturated heterocycles. The van der Waals surface area contributed by atoms with Crippen LogP contribution in [0.25, 0.3) is 0 Å². The van der Waals surface area contributed by atoms with Gasteiger partial charge in [0.25, 0.3) is 5.91 Å². The number of rotatable bonds is 5. The number of aromatic nitrogens is 2. The molecule has 0 fully saturated rings. The fourth-order valence-corrected chi connectivity index (χ4v) is 2.77. The molecule has 0 aliphatic rings. The maximum atomic E-state index is 12.9. The number of aryl methyl sites for hydroxylation is 1. The first-order valence-electron chi connectivity index (χ1n) is 8.61. The quantitative estimate of drug-likeness (QED) is 0.694. The van der Waals surface area contributed by atoms with Crippen LogP contribution in [0.2, 0.25) is 0 Å². The molecule has 0 N–H and O–H groups in total. The molecule has 2 aromatic carbocycles. The van der Waals surface area contributed by atoms with Gasteiger partial charge in [0.05, 0.1) is 0 Å².